The molecule has 36 heavy (non-hydrogen) atoms. The van der Waals surface area contributed by atoms with Crippen molar-refractivity contribution in [2.45, 2.75) is 30.8 Å². The number of carbonyl (C=O) groups is 2. The van der Waals surface area contributed by atoms with Crippen molar-refractivity contribution >= 4 is 38.3 Å². The largest absolute Gasteiger partial charge is 0.336 e. The highest BCUT2D eigenvalue weighted by Crippen LogP contribution is 2.30. The molecule has 4 rings (SSSR count). The van der Waals surface area contributed by atoms with E-state index in [0.717, 1.165) is 0 Å². The van der Waals surface area contributed by atoms with Gasteiger partial charge in [0, 0.05) is 28.1 Å². The van der Waals surface area contributed by atoms with Gasteiger partial charge in [0.25, 0.3) is 11.8 Å². The molecule has 0 aromatic heterocycles. The molecule has 0 radical (unpaired) electrons. The van der Waals surface area contributed by atoms with Gasteiger partial charge in [-0.3, -0.25) is 9.59 Å². The van der Waals surface area contributed by atoms with Crippen molar-refractivity contribution in [1.29, 1.82) is 0 Å². The van der Waals surface area contributed by atoms with E-state index in [1.54, 1.807) is 92.7 Å². The lowest BCUT2D eigenvalue weighted by Crippen LogP contribution is -2.37. The van der Waals surface area contributed by atoms with Crippen LogP contribution in [0.3, 0.4) is 0 Å². The van der Waals surface area contributed by atoms with E-state index in [2.05, 4.69) is 15.4 Å². The Hall–Kier alpha value is -4.01. The summed E-state index contributed by atoms with van der Waals surface area (Å²) in [5, 5.41) is 6.76. The molecular weight excluding hydrogens is 474 g/mol. The van der Waals surface area contributed by atoms with E-state index in [4.69, 9.17) is 0 Å². The third kappa shape index (κ3) is 5.62. The number of nitrogens with one attached hydrogen (secondary N) is 3. The van der Waals surface area contributed by atoms with Crippen LogP contribution in [0, 0.1) is 0 Å². The van der Waals surface area contributed by atoms with Crippen LogP contribution in [0.4, 0.5) is 5.69 Å². The first-order valence-electron chi connectivity index (χ1n) is 11.5. The standard InChI is InChI=1S/C28H27N3O4S/c1-19(2)31-36(34,35)25-18-10-15-22-23(25)16-9-17-24(22)29-28(33)26(20-11-5-3-6-12-20)30-27(32)21-13-7-4-8-14-21/h3-19,26,31H,1-2H3,(H,29,33)(H,30,32)/t26-/m0/s1. The molecule has 0 aliphatic carbocycles. The molecular formula is C28H27N3O4S. The lowest BCUT2D eigenvalue weighted by Gasteiger charge is -2.20. The van der Waals surface area contributed by atoms with Gasteiger partial charge in [0.15, 0.2) is 0 Å². The molecule has 0 saturated heterocycles. The van der Waals surface area contributed by atoms with Crippen LogP contribution >= 0.6 is 0 Å². The first kappa shape index (κ1) is 25.1. The number of fused-ring (bicyclic) bond motifs is 1. The van der Waals surface area contributed by atoms with Gasteiger partial charge < -0.3 is 10.6 Å². The number of sulfonamides is 1. The first-order chi connectivity index (χ1) is 17.3. The monoisotopic (exact) mass is 501 g/mol. The molecule has 0 aliphatic heterocycles. The molecule has 2 amide bonds. The summed E-state index contributed by atoms with van der Waals surface area (Å²) in [5.74, 6) is -0.836. The fraction of sp³-hybridized carbons (Fsp3) is 0.143. The molecule has 0 unspecified atom stereocenters. The maximum absolute atomic E-state index is 13.5. The lowest BCUT2D eigenvalue weighted by atomic mass is 10.0. The maximum atomic E-state index is 13.5. The van der Waals surface area contributed by atoms with Crippen molar-refractivity contribution in [3.63, 3.8) is 0 Å². The van der Waals surface area contributed by atoms with Crippen molar-refractivity contribution in [3.8, 4) is 0 Å². The molecule has 1 atom stereocenters. The molecule has 0 saturated carbocycles. The van der Waals surface area contributed by atoms with Gasteiger partial charge in [0.2, 0.25) is 10.0 Å². The van der Waals surface area contributed by atoms with Crippen molar-refractivity contribution < 1.29 is 18.0 Å². The second-order valence-electron chi connectivity index (χ2n) is 8.61. The summed E-state index contributed by atoms with van der Waals surface area (Å²) in [6, 6.07) is 26.4. The number of hydrogen-bond acceptors (Lipinski definition) is 4. The summed E-state index contributed by atoms with van der Waals surface area (Å²) >= 11 is 0. The number of hydrogen-bond donors (Lipinski definition) is 3. The molecule has 3 N–H and O–H groups in total. The highest BCUT2D eigenvalue weighted by molar-refractivity contribution is 7.89. The number of rotatable bonds is 8. The summed E-state index contributed by atoms with van der Waals surface area (Å²) < 4.78 is 28.4. The van der Waals surface area contributed by atoms with Crippen LogP contribution in [0.5, 0.6) is 0 Å². The fourth-order valence-corrected chi connectivity index (χ4v) is 5.43. The summed E-state index contributed by atoms with van der Waals surface area (Å²) in [6.45, 7) is 3.50. The molecule has 4 aromatic carbocycles. The Morgan fingerprint density at radius 2 is 1.33 bits per heavy atom. The minimum Gasteiger partial charge on any atom is -0.336 e. The van der Waals surface area contributed by atoms with E-state index in [9.17, 15) is 18.0 Å². The topological polar surface area (TPSA) is 104 Å². The smallest absolute Gasteiger partial charge is 0.252 e. The Balaban J connectivity index is 1.69. The van der Waals surface area contributed by atoms with E-state index in [-0.39, 0.29) is 16.8 Å². The van der Waals surface area contributed by atoms with E-state index in [1.165, 1.54) is 6.07 Å². The SMILES string of the molecule is CC(C)NS(=O)(=O)c1cccc2c(NC(=O)[C@@H](NC(=O)c3ccccc3)c3ccccc3)cccc12. The minimum absolute atomic E-state index is 0.127. The van der Waals surface area contributed by atoms with Crippen LogP contribution in [0.1, 0.15) is 35.8 Å². The zero-order valence-electron chi connectivity index (χ0n) is 19.9. The van der Waals surface area contributed by atoms with Gasteiger partial charge >= 0.3 is 0 Å². The van der Waals surface area contributed by atoms with E-state index < -0.39 is 22.0 Å². The molecule has 184 valence electrons. The minimum atomic E-state index is -3.76. The van der Waals surface area contributed by atoms with Gasteiger partial charge in [0.05, 0.1) is 4.90 Å². The average molecular weight is 502 g/mol. The van der Waals surface area contributed by atoms with Gasteiger partial charge in [-0.25, -0.2) is 13.1 Å². The summed E-state index contributed by atoms with van der Waals surface area (Å²) in [6.07, 6.45) is 0. The maximum Gasteiger partial charge on any atom is 0.252 e. The Kier molecular flexibility index (Phi) is 7.47. The van der Waals surface area contributed by atoms with Crippen molar-refractivity contribution in [2.24, 2.45) is 0 Å². The molecule has 0 spiro atoms. The van der Waals surface area contributed by atoms with Crippen LogP contribution in [-0.4, -0.2) is 26.3 Å². The zero-order valence-corrected chi connectivity index (χ0v) is 20.8. The van der Waals surface area contributed by atoms with Gasteiger partial charge in [-0.15, -0.1) is 0 Å². The number of carbonyl (C=O) groups excluding carboxylic acids is 2. The summed E-state index contributed by atoms with van der Waals surface area (Å²) in [5.41, 5.74) is 1.49. The van der Waals surface area contributed by atoms with Gasteiger partial charge in [-0.1, -0.05) is 72.8 Å². The predicted octanol–water partition coefficient (Wildman–Crippen LogP) is 4.64. The lowest BCUT2D eigenvalue weighted by molar-refractivity contribution is -0.118. The van der Waals surface area contributed by atoms with Gasteiger partial charge in [-0.05, 0) is 43.7 Å². The third-order valence-electron chi connectivity index (χ3n) is 5.53. The normalized spacial score (nSPS) is 12.3. The van der Waals surface area contributed by atoms with Crippen LogP contribution in [0.2, 0.25) is 0 Å². The van der Waals surface area contributed by atoms with Crippen molar-refractivity contribution in [2.75, 3.05) is 5.32 Å². The van der Waals surface area contributed by atoms with Crippen LogP contribution in [0.25, 0.3) is 10.8 Å². The Morgan fingerprint density at radius 1 is 0.722 bits per heavy atom. The average Bonchev–Trinajstić information content (AvgIpc) is 2.87. The second-order valence-corrected chi connectivity index (χ2v) is 10.3. The number of anilines is 1. The van der Waals surface area contributed by atoms with Crippen LogP contribution < -0.4 is 15.4 Å². The molecule has 0 heterocycles. The third-order valence-corrected chi connectivity index (χ3v) is 7.24. The van der Waals surface area contributed by atoms with Crippen LogP contribution in [0.15, 0.2) is 102 Å². The van der Waals surface area contributed by atoms with Gasteiger partial charge in [-0.2, -0.15) is 0 Å². The van der Waals surface area contributed by atoms with Crippen molar-refractivity contribution in [1.82, 2.24) is 10.0 Å². The Morgan fingerprint density at radius 3 is 2.00 bits per heavy atom. The molecule has 0 aliphatic rings. The van der Waals surface area contributed by atoms with Crippen molar-refractivity contribution in [3.05, 3.63) is 108 Å². The highest BCUT2D eigenvalue weighted by Gasteiger charge is 2.25. The summed E-state index contributed by atoms with van der Waals surface area (Å²) in [4.78, 5) is 26.5. The fourth-order valence-electron chi connectivity index (χ4n) is 3.95. The molecule has 8 heteroatoms. The Bertz CT molecular complexity index is 1490. The predicted molar refractivity (Wildman–Crippen MR) is 141 cm³/mol. The van der Waals surface area contributed by atoms with E-state index in [1.807, 2.05) is 12.1 Å². The molecule has 4 aromatic rings. The molecule has 7 nitrogen and oxygen atoms in total. The summed E-state index contributed by atoms with van der Waals surface area (Å²) in [7, 11) is -3.76. The van der Waals surface area contributed by atoms with E-state index >= 15 is 0 Å². The van der Waals surface area contributed by atoms with Crippen LogP contribution in [-0.2, 0) is 14.8 Å². The van der Waals surface area contributed by atoms with E-state index in [0.29, 0.717) is 27.6 Å². The molecule has 0 bridgehead atoms. The number of benzene rings is 4. The Labute approximate surface area is 210 Å². The molecule has 0 fully saturated rings. The second kappa shape index (κ2) is 10.7. The van der Waals surface area contributed by atoms with Gasteiger partial charge in [0.1, 0.15) is 6.04 Å². The first-order valence-corrected chi connectivity index (χ1v) is 13.0. The number of amides is 2. The highest BCUT2D eigenvalue weighted by atomic mass is 32.2. The quantitative estimate of drug-likeness (QED) is 0.327. The zero-order chi connectivity index (χ0) is 25.7.